The molecule has 0 amide bonds. The largest absolute Gasteiger partial charge is 0.287 e. The highest BCUT2D eigenvalue weighted by Crippen LogP contribution is 2.29. The monoisotopic (exact) mass is 316 g/mol. The molecule has 0 radical (unpaired) electrons. The SMILES string of the molecule is CCCn1ncc(Cl)c1C(=O)c1c(Cl)cccc1Cl. The van der Waals surface area contributed by atoms with Gasteiger partial charge in [0.05, 0.1) is 26.8 Å². The van der Waals surface area contributed by atoms with Crippen LogP contribution in [-0.4, -0.2) is 15.6 Å². The van der Waals surface area contributed by atoms with Crippen LogP contribution in [0.25, 0.3) is 0 Å². The van der Waals surface area contributed by atoms with Gasteiger partial charge in [-0.1, -0.05) is 47.8 Å². The average Bonchev–Trinajstić information content (AvgIpc) is 2.70. The van der Waals surface area contributed by atoms with Crippen molar-refractivity contribution < 1.29 is 4.79 Å². The van der Waals surface area contributed by atoms with E-state index in [-0.39, 0.29) is 11.3 Å². The molecule has 0 saturated heterocycles. The van der Waals surface area contributed by atoms with Gasteiger partial charge in [-0.3, -0.25) is 9.48 Å². The standard InChI is InChI=1S/C13H11Cl3N2O/c1-2-6-18-12(10(16)7-17-18)13(19)11-8(14)4-3-5-9(11)15/h3-5,7H,2,6H2,1H3. The van der Waals surface area contributed by atoms with Crippen molar-refractivity contribution in [3.63, 3.8) is 0 Å². The minimum atomic E-state index is -0.313. The Kier molecular flexibility index (Phi) is 4.50. The van der Waals surface area contributed by atoms with Crippen molar-refractivity contribution in [3.05, 3.63) is 50.7 Å². The van der Waals surface area contributed by atoms with Gasteiger partial charge < -0.3 is 0 Å². The highest BCUT2D eigenvalue weighted by molar-refractivity contribution is 6.42. The lowest BCUT2D eigenvalue weighted by Gasteiger charge is -2.08. The maximum atomic E-state index is 12.6. The fourth-order valence-electron chi connectivity index (χ4n) is 1.80. The number of aromatic nitrogens is 2. The maximum Gasteiger partial charge on any atom is 0.215 e. The molecule has 1 aromatic heterocycles. The first-order valence-electron chi connectivity index (χ1n) is 5.76. The second-order valence-electron chi connectivity index (χ2n) is 3.99. The Balaban J connectivity index is 2.53. The Hall–Kier alpha value is -1.03. The van der Waals surface area contributed by atoms with E-state index in [2.05, 4.69) is 5.10 Å². The van der Waals surface area contributed by atoms with Crippen molar-refractivity contribution in [1.29, 1.82) is 0 Å². The van der Waals surface area contributed by atoms with E-state index in [0.29, 0.717) is 27.3 Å². The van der Waals surface area contributed by atoms with Gasteiger partial charge in [0.15, 0.2) is 0 Å². The van der Waals surface area contributed by atoms with Gasteiger partial charge in [0.1, 0.15) is 5.69 Å². The van der Waals surface area contributed by atoms with Crippen molar-refractivity contribution in [2.75, 3.05) is 0 Å². The highest BCUT2D eigenvalue weighted by Gasteiger charge is 2.23. The van der Waals surface area contributed by atoms with Crippen molar-refractivity contribution in [1.82, 2.24) is 9.78 Å². The molecule has 0 spiro atoms. The van der Waals surface area contributed by atoms with Crippen LogP contribution in [-0.2, 0) is 6.54 Å². The lowest BCUT2D eigenvalue weighted by Crippen LogP contribution is -2.13. The van der Waals surface area contributed by atoms with Crippen LogP contribution in [0.1, 0.15) is 29.4 Å². The topological polar surface area (TPSA) is 34.9 Å². The van der Waals surface area contributed by atoms with Crippen LogP contribution in [0, 0.1) is 0 Å². The predicted octanol–water partition coefficient (Wildman–Crippen LogP) is 4.48. The Bertz CT molecular complexity index is 602. The minimum absolute atomic E-state index is 0.255. The first kappa shape index (κ1) is 14.4. The summed E-state index contributed by atoms with van der Waals surface area (Å²) in [5, 5.41) is 5.00. The van der Waals surface area contributed by atoms with E-state index in [1.165, 1.54) is 6.20 Å². The van der Waals surface area contributed by atoms with E-state index >= 15 is 0 Å². The molecule has 0 aliphatic rings. The first-order valence-corrected chi connectivity index (χ1v) is 6.89. The number of carbonyl (C=O) groups is 1. The Morgan fingerprint density at radius 3 is 2.42 bits per heavy atom. The third-order valence-corrected chi connectivity index (χ3v) is 3.54. The molecule has 100 valence electrons. The van der Waals surface area contributed by atoms with E-state index in [4.69, 9.17) is 34.8 Å². The summed E-state index contributed by atoms with van der Waals surface area (Å²) in [5.74, 6) is -0.313. The van der Waals surface area contributed by atoms with E-state index in [0.717, 1.165) is 6.42 Å². The molecule has 0 bridgehead atoms. The number of nitrogens with zero attached hydrogens (tertiary/aromatic N) is 2. The summed E-state index contributed by atoms with van der Waals surface area (Å²) in [6, 6.07) is 4.93. The van der Waals surface area contributed by atoms with Crippen LogP contribution in [0.2, 0.25) is 15.1 Å². The molecule has 0 aliphatic heterocycles. The number of benzene rings is 1. The Morgan fingerprint density at radius 2 is 1.84 bits per heavy atom. The summed E-state index contributed by atoms with van der Waals surface area (Å²) in [4.78, 5) is 12.6. The molecule has 0 N–H and O–H groups in total. The van der Waals surface area contributed by atoms with Crippen LogP contribution >= 0.6 is 34.8 Å². The van der Waals surface area contributed by atoms with E-state index in [9.17, 15) is 4.79 Å². The molecule has 0 unspecified atom stereocenters. The molecule has 2 rings (SSSR count). The molecule has 6 heteroatoms. The lowest BCUT2D eigenvalue weighted by atomic mass is 10.1. The van der Waals surface area contributed by atoms with Gasteiger partial charge in [-0.25, -0.2) is 0 Å². The third-order valence-electron chi connectivity index (χ3n) is 2.64. The summed E-state index contributed by atoms with van der Waals surface area (Å²) < 4.78 is 1.57. The molecule has 1 aromatic carbocycles. The van der Waals surface area contributed by atoms with Crippen molar-refractivity contribution in [2.45, 2.75) is 19.9 Å². The summed E-state index contributed by atoms with van der Waals surface area (Å²) >= 11 is 18.1. The van der Waals surface area contributed by atoms with Crippen molar-refractivity contribution in [3.8, 4) is 0 Å². The van der Waals surface area contributed by atoms with Gasteiger partial charge >= 0.3 is 0 Å². The Morgan fingerprint density at radius 1 is 1.21 bits per heavy atom. The zero-order valence-corrected chi connectivity index (χ0v) is 12.4. The number of rotatable bonds is 4. The van der Waals surface area contributed by atoms with Crippen molar-refractivity contribution in [2.24, 2.45) is 0 Å². The summed E-state index contributed by atoms with van der Waals surface area (Å²) in [7, 11) is 0. The molecule has 19 heavy (non-hydrogen) atoms. The zero-order valence-electron chi connectivity index (χ0n) is 10.2. The highest BCUT2D eigenvalue weighted by atomic mass is 35.5. The van der Waals surface area contributed by atoms with Crippen LogP contribution in [0.3, 0.4) is 0 Å². The second kappa shape index (κ2) is 5.95. The fraction of sp³-hybridized carbons (Fsp3) is 0.231. The number of hydrogen-bond acceptors (Lipinski definition) is 2. The molecular weight excluding hydrogens is 307 g/mol. The molecule has 0 atom stereocenters. The molecule has 1 heterocycles. The second-order valence-corrected chi connectivity index (χ2v) is 5.21. The van der Waals surface area contributed by atoms with Gasteiger partial charge in [-0.2, -0.15) is 5.10 Å². The van der Waals surface area contributed by atoms with Crippen LogP contribution in [0.15, 0.2) is 24.4 Å². The average molecular weight is 318 g/mol. The smallest absolute Gasteiger partial charge is 0.215 e. The molecule has 3 nitrogen and oxygen atoms in total. The summed E-state index contributed by atoms with van der Waals surface area (Å²) in [6.07, 6.45) is 2.30. The zero-order chi connectivity index (χ0) is 14.0. The van der Waals surface area contributed by atoms with Crippen LogP contribution in [0.4, 0.5) is 0 Å². The van der Waals surface area contributed by atoms with Gasteiger partial charge in [0, 0.05) is 6.54 Å². The summed E-state index contributed by atoms with van der Waals surface area (Å²) in [5.41, 5.74) is 0.573. The maximum absolute atomic E-state index is 12.6. The molecule has 0 fully saturated rings. The van der Waals surface area contributed by atoms with Gasteiger partial charge in [-0.15, -0.1) is 0 Å². The number of ketones is 1. The first-order chi connectivity index (χ1) is 9.06. The van der Waals surface area contributed by atoms with Gasteiger partial charge in [-0.05, 0) is 18.6 Å². The van der Waals surface area contributed by atoms with Crippen LogP contribution in [0.5, 0.6) is 0 Å². The fourth-order valence-corrected chi connectivity index (χ4v) is 2.60. The summed E-state index contributed by atoms with van der Waals surface area (Å²) in [6.45, 7) is 2.60. The van der Waals surface area contributed by atoms with E-state index in [1.54, 1.807) is 22.9 Å². The minimum Gasteiger partial charge on any atom is -0.287 e. The number of aryl methyl sites for hydroxylation is 1. The Labute approximate surface area is 126 Å². The molecule has 0 saturated carbocycles. The predicted molar refractivity (Wildman–Crippen MR) is 77.4 cm³/mol. The normalized spacial score (nSPS) is 10.7. The van der Waals surface area contributed by atoms with Gasteiger partial charge in [0.2, 0.25) is 5.78 Å². The molecular formula is C13H11Cl3N2O. The van der Waals surface area contributed by atoms with Crippen molar-refractivity contribution >= 4 is 40.6 Å². The lowest BCUT2D eigenvalue weighted by molar-refractivity contribution is 0.102. The number of hydrogen-bond donors (Lipinski definition) is 0. The number of carbonyl (C=O) groups excluding carboxylic acids is 1. The van der Waals surface area contributed by atoms with Gasteiger partial charge in [0.25, 0.3) is 0 Å². The van der Waals surface area contributed by atoms with E-state index in [1.807, 2.05) is 6.92 Å². The van der Waals surface area contributed by atoms with E-state index < -0.39 is 0 Å². The quantitative estimate of drug-likeness (QED) is 0.779. The third kappa shape index (κ3) is 2.78. The molecule has 2 aromatic rings. The van der Waals surface area contributed by atoms with Crippen LogP contribution < -0.4 is 0 Å². The number of halogens is 3. The molecule has 0 aliphatic carbocycles.